The van der Waals surface area contributed by atoms with E-state index in [4.69, 9.17) is 13.9 Å². The van der Waals surface area contributed by atoms with Gasteiger partial charge in [0.15, 0.2) is 11.3 Å². The molecule has 8 nitrogen and oxygen atoms in total. The number of aromatic nitrogens is 2. The summed E-state index contributed by atoms with van der Waals surface area (Å²) in [7, 11) is 3.14. The topological polar surface area (TPSA) is 102 Å². The molecule has 0 fully saturated rings. The minimum Gasteiger partial charge on any atom is -0.497 e. The molecule has 0 aliphatic rings. The zero-order valence-corrected chi connectivity index (χ0v) is 18.0. The smallest absolute Gasteiger partial charge is 0.271 e. The summed E-state index contributed by atoms with van der Waals surface area (Å²) in [4.78, 5) is 20.6. The van der Waals surface area contributed by atoms with Crippen LogP contribution in [0.2, 0.25) is 0 Å². The zero-order valence-electron chi connectivity index (χ0n) is 18.0. The van der Waals surface area contributed by atoms with Crippen molar-refractivity contribution in [3.8, 4) is 22.9 Å². The number of imidazole rings is 1. The van der Waals surface area contributed by atoms with Crippen LogP contribution in [-0.2, 0) is 0 Å². The van der Waals surface area contributed by atoms with Crippen LogP contribution in [0.1, 0.15) is 10.4 Å². The van der Waals surface area contributed by atoms with Crippen molar-refractivity contribution in [3.05, 3.63) is 83.9 Å². The second kappa shape index (κ2) is 8.51. The van der Waals surface area contributed by atoms with E-state index in [1.54, 1.807) is 44.6 Å². The van der Waals surface area contributed by atoms with Crippen LogP contribution < -0.4 is 20.5 Å². The van der Waals surface area contributed by atoms with E-state index in [0.717, 1.165) is 16.4 Å². The number of H-pyrrole nitrogens is 1. The summed E-state index contributed by atoms with van der Waals surface area (Å²) in [5.74, 6) is 1.40. The summed E-state index contributed by atoms with van der Waals surface area (Å²) in [5, 5.41) is 5.09. The number of benzene rings is 3. The number of methoxy groups -OCH3 is 2. The SMILES string of the molecule is COc1ccc(C(=O)N/N=c2/oc3c(OC)cccc3cc2-c2nc3ccccc3[nH]2)cc1. The van der Waals surface area contributed by atoms with Crippen molar-refractivity contribution in [1.29, 1.82) is 0 Å². The van der Waals surface area contributed by atoms with E-state index in [1.807, 2.05) is 42.5 Å². The maximum atomic E-state index is 12.7. The molecular weight excluding hydrogens is 420 g/mol. The number of hydrogen-bond acceptors (Lipinski definition) is 6. The number of para-hydroxylation sites is 3. The van der Waals surface area contributed by atoms with Gasteiger partial charge in [-0.15, -0.1) is 5.10 Å². The summed E-state index contributed by atoms with van der Waals surface area (Å²) < 4.78 is 16.7. The van der Waals surface area contributed by atoms with Gasteiger partial charge in [0.2, 0.25) is 5.55 Å². The Morgan fingerprint density at radius 2 is 1.82 bits per heavy atom. The molecule has 0 radical (unpaired) electrons. The van der Waals surface area contributed by atoms with E-state index in [2.05, 4.69) is 20.5 Å². The minimum atomic E-state index is -0.386. The molecule has 0 bridgehead atoms. The quantitative estimate of drug-likeness (QED) is 0.398. The summed E-state index contributed by atoms with van der Waals surface area (Å²) in [6, 6.07) is 21.9. The molecule has 2 heterocycles. The van der Waals surface area contributed by atoms with Gasteiger partial charge in [0.05, 0.1) is 30.8 Å². The van der Waals surface area contributed by atoms with Gasteiger partial charge in [-0.05, 0) is 48.5 Å². The first-order valence-corrected chi connectivity index (χ1v) is 10.2. The fraction of sp³-hybridized carbons (Fsp3) is 0.0800. The highest BCUT2D eigenvalue weighted by atomic mass is 16.5. The summed E-state index contributed by atoms with van der Waals surface area (Å²) in [6.45, 7) is 0. The third-order valence-corrected chi connectivity index (χ3v) is 5.21. The molecule has 0 aliphatic heterocycles. The lowest BCUT2D eigenvalue weighted by Gasteiger charge is -2.07. The van der Waals surface area contributed by atoms with Gasteiger partial charge in [0.1, 0.15) is 11.6 Å². The lowest BCUT2D eigenvalue weighted by atomic mass is 10.1. The van der Waals surface area contributed by atoms with Crippen LogP contribution in [0.25, 0.3) is 33.4 Å². The van der Waals surface area contributed by atoms with E-state index in [9.17, 15) is 4.79 Å². The molecule has 0 spiro atoms. The highest BCUT2D eigenvalue weighted by Gasteiger charge is 2.14. The number of aromatic amines is 1. The Morgan fingerprint density at radius 1 is 1.00 bits per heavy atom. The fourth-order valence-electron chi connectivity index (χ4n) is 3.53. The second-order valence-electron chi connectivity index (χ2n) is 7.23. The Morgan fingerprint density at radius 3 is 2.58 bits per heavy atom. The van der Waals surface area contributed by atoms with Crippen LogP contribution in [0.5, 0.6) is 11.5 Å². The Balaban J connectivity index is 1.63. The number of nitrogens with zero attached hydrogens (tertiary/aromatic N) is 2. The molecule has 1 amide bonds. The minimum absolute atomic E-state index is 0.188. The molecule has 5 rings (SSSR count). The van der Waals surface area contributed by atoms with Crippen molar-refractivity contribution in [2.75, 3.05) is 14.2 Å². The third-order valence-electron chi connectivity index (χ3n) is 5.21. The van der Waals surface area contributed by atoms with Gasteiger partial charge in [0, 0.05) is 10.9 Å². The van der Waals surface area contributed by atoms with Crippen LogP contribution >= 0.6 is 0 Å². The molecule has 0 aliphatic carbocycles. The molecule has 3 aromatic carbocycles. The van der Waals surface area contributed by atoms with Gasteiger partial charge < -0.3 is 18.9 Å². The van der Waals surface area contributed by atoms with Crippen LogP contribution in [0.4, 0.5) is 0 Å². The van der Waals surface area contributed by atoms with Crippen molar-refractivity contribution in [2.24, 2.45) is 5.10 Å². The number of hydrogen-bond donors (Lipinski definition) is 2. The van der Waals surface area contributed by atoms with Gasteiger partial charge in [0.25, 0.3) is 5.91 Å². The fourth-order valence-corrected chi connectivity index (χ4v) is 3.53. The predicted molar refractivity (Wildman–Crippen MR) is 124 cm³/mol. The first-order valence-electron chi connectivity index (χ1n) is 10.2. The van der Waals surface area contributed by atoms with E-state index >= 15 is 0 Å². The summed E-state index contributed by atoms with van der Waals surface area (Å²) in [5.41, 5.74) is 5.99. The average molecular weight is 440 g/mol. The van der Waals surface area contributed by atoms with Crippen LogP contribution in [0.15, 0.2) is 82.3 Å². The largest absolute Gasteiger partial charge is 0.497 e. The maximum Gasteiger partial charge on any atom is 0.271 e. The van der Waals surface area contributed by atoms with Crippen molar-refractivity contribution in [1.82, 2.24) is 15.4 Å². The predicted octanol–water partition coefficient (Wildman–Crippen LogP) is 4.24. The standard InChI is InChI=1S/C25H20N4O4/c1-31-17-12-10-15(11-13-17)24(30)28-29-25-18(23-26-19-7-3-4-8-20(19)27-23)14-16-6-5-9-21(32-2)22(16)33-25/h3-14H,1-2H3,(H,26,27)(H,28,30)/b29-25+. The molecule has 0 atom stereocenters. The molecule has 0 saturated heterocycles. The van der Waals surface area contributed by atoms with Crippen LogP contribution in [0.3, 0.4) is 0 Å². The second-order valence-corrected chi connectivity index (χ2v) is 7.23. The van der Waals surface area contributed by atoms with Gasteiger partial charge in [-0.1, -0.05) is 24.3 Å². The summed E-state index contributed by atoms with van der Waals surface area (Å²) >= 11 is 0. The van der Waals surface area contributed by atoms with Gasteiger partial charge >= 0.3 is 0 Å². The molecule has 5 aromatic rings. The van der Waals surface area contributed by atoms with Gasteiger partial charge in [-0.2, -0.15) is 0 Å². The molecule has 0 unspecified atom stereocenters. The Hall–Kier alpha value is -4.59. The number of rotatable bonds is 5. The molecule has 2 aromatic heterocycles. The van der Waals surface area contributed by atoms with Gasteiger partial charge in [-0.25, -0.2) is 10.4 Å². The molecule has 2 N–H and O–H groups in total. The third kappa shape index (κ3) is 3.89. The first-order chi connectivity index (χ1) is 16.2. The van der Waals surface area contributed by atoms with Crippen LogP contribution in [-0.4, -0.2) is 30.1 Å². The van der Waals surface area contributed by atoms with E-state index in [-0.39, 0.29) is 11.5 Å². The molecular formula is C25H20N4O4. The number of carbonyl (C=O) groups is 1. The van der Waals surface area contributed by atoms with E-state index in [1.165, 1.54) is 0 Å². The maximum absolute atomic E-state index is 12.7. The van der Waals surface area contributed by atoms with Crippen molar-refractivity contribution in [3.63, 3.8) is 0 Å². The normalized spacial score (nSPS) is 11.6. The average Bonchev–Trinajstić information content (AvgIpc) is 3.30. The molecule has 164 valence electrons. The van der Waals surface area contributed by atoms with Gasteiger partial charge in [-0.3, -0.25) is 4.79 Å². The Kier molecular flexibility index (Phi) is 5.24. The number of fused-ring (bicyclic) bond motifs is 2. The number of amides is 1. The summed E-state index contributed by atoms with van der Waals surface area (Å²) in [6.07, 6.45) is 0. The first kappa shape index (κ1) is 20.3. The number of ether oxygens (including phenoxy) is 2. The highest BCUT2D eigenvalue weighted by molar-refractivity contribution is 5.94. The highest BCUT2D eigenvalue weighted by Crippen LogP contribution is 2.27. The zero-order chi connectivity index (χ0) is 22.8. The van der Waals surface area contributed by atoms with Crippen molar-refractivity contribution in [2.45, 2.75) is 0 Å². The van der Waals surface area contributed by atoms with E-state index < -0.39 is 0 Å². The molecule has 8 heteroatoms. The lowest BCUT2D eigenvalue weighted by Crippen LogP contribution is -2.22. The molecule has 0 saturated carbocycles. The number of nitrogens with one attached hydrogen (secondary N) is 2. The lowest BCUT2D eigenvalue weighted by molar-refractivity contribution is 0.0951. The monoisotopic (exact) mass is 440 g/mol. The Labute approximate surface area is 188 Å². The van der Waals surface area contributed by atoms with Crippen molar-refractivity contribution >= 4 is 27.9 Å². The van der Waals surface area contributed by atoms with Crippen LogP contribution in [0, 0.1) is 0 Å². The van der Waals surface area contributed by atoms with E-state index in [0.29, 0.717) is 34.0 Å². The Bertz CT molecular complexity index is 1500. The van der Waals surface area contributed by atoms with Crippen molar-refractivity contribution < 1.29 is 18.7 Å². The molecule has 33 heavy (non-hydrogen) atoms. The number of carbonyl (C=O) groups excluding carboxylic acids is 1.